The first kappa shape index (κ1) is 13.6. The number of aromatic amines is 1. The molecule has 2 heterocycles. The Hall–Kier alpha value is -1.41. The van der Waals surface area contributed by atoms with Crippen LogP contribution in [0.1, 0.15) is 54.2 Å². The summed E-state index contributed by atoms with van der Waals surface area (Å²) in [5.74, 6) is -0.199. The van der Waals surface area contributed by atoms with Gasteiger partial charge in [0, 0.05) is 19.0 Å². The first-order chi connectivity index (χ1) is 9.48. The van der Waals surface area contributed by atoms with Crippen molar-refractivity contribution in [1.29, 1.82) is 0 Å². The Balaban J connectivity index is 1.98. The minimum Gasteiger partial charge on any atom is -0.337 e. The third-order valence-corrected chi connectivity index (χ3v) is 4.85. The summed E-state index contributed by atoms with van der Waals surface area (Å²) in [6, 6.07) is 0. The number of rotatable bonds is 3. The number of piperidine rings is 1. The monoisotopic (exact) mass is 298 g/mol. The third-order valence-electron chi connectivity index (χ3n) is 3.86. The molecule has 2 fully saturated rings. The summed E-state index contributed by atoms with van der Waals surface area (Å²) in [6.45, 7) is 1.29. The third kappa shape index (κ3) is 2.45. The van der Waals surface area contributed by atoms with Crippen molar-refractivity contribution < 1.29 is 13.2 Å². The van der Waals surface area contributed by atoms with Crippen molar-refractivity contribution in [2.45, 2.75) is 42.9 Å². The average Bonchev–Trinajstić information content (AvgIpc) is 3.16. The highest BCUT2D eigenvalue weighted by atomic mass is 32.2. The molecule has 0 radical (unpaired) electrons. The molecule has 1 saturated carbocycles. The summed E-state index contributed by atoms with van der Waals surface area (Å²) < 4.78 is 23.6. The van der Waals surface area contributed by atoms with E-state index in [0.717, 1.165) is 32.1 Å². The van der Waals surface area contributed by atoms with Gasteiger partial charge in [-0.3, -0.25) is 9.89 Å². The SMILES string of the molecule is NS(=O)(=O)c1c(C(=O)N2CCCCC2)n[nH]c1C1CC1. The van der Waals surface area contributed by atoms with Crippen molar-refractivity contribution in [3.05, 3.63) is 11.4 Å². The molecular weight excluding hydrogens is 280 g/mol. The van der Waals surface area contributed by atoms with Gasteiger partial charge < -0.3 is 4.90 Å². The highest BCUT2D eigenvalue weighted by molar-refractivity contribution is 7.89. The second-order valence-electron chi connectivity index (χ2n) is 5.49. The number of nitrogens with two attached hydrogens (primary N) is 1. The largest absolute Gasteiger partial charge is 0.337 e. The summed E-state index contributed by atoms with van der Waals surface area (Å²) in [4.78, 5) is 14.0. The number of hydrogen-bond donors (Lipinski definition) is 2. The number of nitrogens with one attached hydrogen (secondary N) is 1. The van der Waals surface area contributed by atoms with Gasteiger partial charge in [0.05, 0.1) is 5.69 Å². The smallest absolute Gasteiger partial charge is 0.275 e. The van der Waals surface area contributed by atoms with Gasteiger partial charge in [0.25, 0.3) is 5.91 Å². The lowest BCUT2D eigenvalue weighted by atomic mass is 10.1. The zero-order valence-corrected chi connectivity index (χ0v) is 11.9. The molecule has 8 heteroatoms. The molecule has 1 aliphatic heterocycles. The van der Waals surface area contributed by atoms with E-state index in [0.29, 0.717) is 18.8 Å². The Morgan fingerprint density at radius 2 is 1.90 bits per heavy atom. The molecule has 1 aromatic heterocycles. The summed E-state index contributed by atoms with van der Waals surface area (Å²) in [5.41, 5.74) is 0.448. The number of H-pyrrole nitrogens is 1. The fourth-order valence-corrected chi connectivity index (χ4v) is 3.59. The Morgan fingerprint density at radius 3 is 2.45 bits per heavy atom. The Kier molecular flexibility index (Phi) is 3.29. The van der Waals surface area contributed by atoms with Crippen LogP contribution in [-0.4, -0.2) is 42.5 Å². The van der Waals surface area contributed by atoms with E-state index in [1.807, 2.05) is 0 Å². The highest BCUT2D eigenvalue weighted by Crippen LogP contribution is 2.42. The normalized spacial score (nSPS) is 20.1. The van der Waals surface area contributed by atoms with Crippen molar-refractivity contribution in [3.8, 4) is 0 Å². The van der Waals surface area contributed by atoms with Gasteiger partial charge in [-0.25, -0.2) is 13.6 Å². The zero-order valence-electron chi connectivity index (χ0n) is 11.1. The van der Waals surface area contributed by atoms with Crippen molar-refractivity contribution in [3.63, 3.8) is 0 Å². The van der Waals surface area contributed by atoms with E-state index in [2.05, 4.69) is 10.2 Å². The van der Waals surface area contributed by atoms with Gasteiger partial charge in [-0.05, 0) is 32.1 Å². The van der Waals surface area contributed by atoms with Gasteiger partial charge in [-0.2, -0.15) is 5.10 Å². The molecular formula is C12H18N4O3S. The lowest BCUT2D eigenvalue weighted by Crippen LogP contribution is -2.36. The predicted octanol–water partition coefficient (Wildman–Crippen LogP) is 0.561. The number of carbonyl (C=O) groups is 1. The topological polar surface area (TPSA) is 109 Å². The zero-order chi connectivity index (χ0) is 14.3. The van der Waals surface area contributed by atoms with Crippen LogP contribution in [0.5, 0.6) is 0 Å². The van der Waals surface area contributed by atoms with Gasteiger partial charge in [-0.1, -0.05) is 0 Å². The maximum atomic E-state index is 12.4. The minimum absolute atomic E-state index is 0.0451. The highest BCUT2D eigenvalue weighted by Gasteiger charge is 2.37. The van der Waals surface area contributed by atoms with Gasteiger partial charge in [-0.15, -0.1) is 0 Å². The van der Waals surface area contributed by atoms with Crippen LogP contribution in [-0.2, 0) is 10.0 Å². The van der Waals surface area contributed by atoms with Gasteiger partial charge >= 0.3 is 0 Å². The lowest BCUT2D eigenvalue weighted by Gasteiger charge is -2.26. The lowest BCUT2D eigenvalue weighted by molar-refractivity contribution is 0.0714. The summed E-state index contributed by atoms with van der Waals surface area (Å²) in [5, 5.41) is 11.9. The molecule has 0 unspecified atom stereocenters. The van der Waals surface area contributed by atoms with Crippen LogP contribution >= 0.6 is 0 Å². The van der Waals surface area contributed by atoms with E-state index in [1.54, 1.807) is 4.90 Å². The number of sulfonamides is 1. The molecule has 20 heavy (non-hydrogen) atoms. The Bertz CT molecular complexity index is 627. The number of primary sulfonamides is 1. The number of aromatic nitrogens is 2. The van der Waals surface area contributed by atoms with Crippen LogP contribution in [0, 0.1) is 0 Å². The van der Waals surface area contributed by atoms with Crippen molar-refractivity contribution in [2.75, 3.05) is 13.1 Å². The average molecular weight is 298 g/mol. The quantitative estimate of drug-likeness (QED) is 0.849. The van der Waals surface area contributed by atoms with Crippen LogP contribution in [0.4, 0.5) is 0 Å². The van der Waals surface area contributed by atoms with E-state index in [1.165, 1.54) is 0 Å². The molecule has 3 rings (SSSR count). The maximum Gasteiger partial charge on any atom is 0.275 e. The molecule has 110 valence electrons. The van der Waals surface area contributed by atoms with E-state index >= 15 is 0 Å². The van der Waals surface area contributed by atoms with Crippen LogP contribution < -0.4 is 5.14 Å². The maximum absolute atomic E-state index is 12.4. The Morgan fingerprint density at radius 1 is 1.25 bits per heavy atom. The molecule has 0 atom stereocenters. The second kappa shape index (κ2) is 4.85. The van der Waals surface area contributed by atoms with E-state index in [4.69, 9.17) is 5.14 Å². The van der Waals surface area contributed by atoms with Crippen LogP contribution in [0.25, 0.3) is 0 Å². The van der Waals surface area contributed by atoms with Crippen molar-refractivity contribution in [2.24, 2.45) is 5.14 Å². The van der Waals surface area contributed by atoms with Crippen LogP contribution in [0.2, 0.25) is 0 Å². The van der Waals surface area contributed by atoms with Gasteiger partial charge in [0.2, 0.25) is 10.0 Å². The van der Waals surface area contributed by atoms with Crippen LogP contribution in [0.3, 0.4) is 0 Å². The molecule has 3 N–H and O–H groups in total. The Labute approximate surface area is 117 Å². The van der Waals surface area contributed by atoms with Gasteiger partial charge in [0.1, 0.15) is 4.90 Å². The summed E-state index contributed by atoms with van der Waals surface area (Å²) in [6.07, 6.45) is 4.79. The fraction of sp³-hybridized carbons (Fsp3) is 0.667. The minimum atomic E-state index is -3.95. The first-order valence-electron chi connectivity index (χ1n) is 6.89. The molecule has 1 saturated heterocycles. The molecule has 1 aromatic rings. The van der Waals surface area contributed by atoms with E-state index in [9.17, 15) is 13.2 Å². The summed E-state index contributed by atoms with van der Waals surface area (Å²) >= 11 is 0. The molecule has 7 nitrogen and oxygen atoms in total. The fourth-order valence-electron chi connectivity index (χ4n) is 2.67. The molecule has 0 aromatic carbocycles. The van der Waals surface area contributed by atoms with E-state index < -0.39 is 10.0 Å². The molecule has 1 amide bonds. The van der Waals surface area contributed by atoms with Crippen LogP contribution in [0.15, 0.2) is 4.90 Å². The number of amides is 1. The molecule has 0 spiro atoms. The molecule has 0 bridgehead atoms. The standard InChI is InChI=1S/C12H18N4O3S/c13-20(18,19)11-9(8-4-5-8)14-15-10(11)12(17)16-6-2-1-3-7-16/h8H,1-7H2,(H,14,15)(H2,13,18,19). The number of hydrogen-bond acceptors (Lipinski definition) is 4. The van der Waals surface area contributed by atoms with Gasteiger partial charge in [0.15, 0.2) is 5.69 Å². The number of carbonyl (C=O) groups excluding carboxylic acids is 1. The summed E-state index contributed by atoms with van der Waals surface area (Å²) in [7, 11) is -3.95. The first-order valence-corrected chi connectivity index (χ1v) is 8.43. The molecule has 1 aliphatic carbocycles. The van der Waals surface area contributed by atoms with Crippen molar-refractivity contribution in [1.82, 2.24) is 15.1 Å². The van der Waals surface area contributed by atoms with Crippen molar-refractivity contribution >= 4 is 15.9 Å². The number of likely N-dealkylation sites (tertiary alicyclic amines) is 1. The molecule has 2 aliphatic rings. The second-order valence-corrected chi connectivity index (χ2v) is 6.99. The predicted molar refractivity (Wildman–Crippen MR) is 71.7 cm³/mol. The number of nitrogens with zero attached hydrogens (tertiary/aromatic N) is 2. The van der Waals surface area contributed by atoms with E-state index in [-0.39, 0.29) is 22.4 Å².